The van der Waals surface area contributed by atoms with Gasteiger partial charge in [0.15, 0.2) is 5.58 Å². The van der Waals surface area contributed by atoms with E-state index in [1.165, 1.54) is 38.9 Å². The van der Waals surface area contributed by atoms with Gasteiger partial charge in [-0.3, -0.25) is 0 Å². The summed E-state index contributed by atoms with van der Waals surface area (Å²) < 4.78 is 8.75. The van der Waals surface area contributed by atoms with E-state index in [-0.39, 0.29) is 5.41 Å². The highest BCUT2D eigenvalue weighted by atomic mass is 16.3. The number of hydrogen-bond donors (Lipinski definition) is 0. The van der Waals surface area contributed by atoms with Crippen molar-refractivity contribution in [3.8, 4) is 11.3 Å². The zero-order valence-corrected chi connectivity index (χ0v) is 20.1. The van der Waals surface area contributed by atoms with Crippen LogP contribution in [0.25, 0.3) is 44.2 Å². The number of hydrogen-bond acceptors (Lipinski definition) is 2. The number of rotatable bonds is 2. The molecule has 0 aliphatic carbocycles. The normalized spacial score (nSPS) is 12.3. The van der Waals surface area contributed by atoms with Crippen LogP contribution in [0.5, 0.6) is 0 Å². The van der Waals surface area contributed by atoms with Crippen molar-refractivity contribution in [2.75, 3.05) is 0 Å². The van der Waals surface area contributed by atoms with Gasteiger partial charge in [-0.05, 0) is 73.6 Å². The second kappa shape index (κ2) is 7.16. The van der Waals surface area contributed by atoms with E-state index in [0.717, 1.165) is 28.5 Å². The highest BCUT2D eigenvalue weighted by Crippen LogP contribution is 2.39. The monoisotopic (exact) mass is 423 g/mol. The van der Waals surface area contributed by atoms with E-state index in [2.05, 4.69) is 99.7 Å². The number of aromatic nitrogens is 2. The van der Waals surface area contributed by atoms with Gasteiger partial charge in [-0.15, -0.1) is 0 Å². The molecule has 0 radical (unpaired) electrons. The van der Waals surface area contributed by atoms with Gasteiger partial charge in [-0.1, -0.05) is 32.9 Å². The molecule has 0 unspecified atom stereocenters. The molecule has 0 N–H and O–H groups in total. The summed E-state index contributed by atoms with van der Waals surface area (Å²) in [7, 11) is 2.16. The molecule has 3 aromatic heterocycles. The number of aryl methyl sites for hydroxylation is 3. The van der Waals surface area contributed by atoms with Gasteiger partial charge in [0.05, 0.1) is 5.56 Å². The minimum absolute atomic E-state index is 0.192. The number of para-hydroxylation sites is 1. The van der Waals surface area contributed by atoms with Crippen LogP contribution in [0, 0.1) is 26.2 Å². The topological polar surface area (TPSA) is 29.9 Å². The zero-order valence-electron chi connectivity index (χ0n) is 20.1. The van der Waals surface area contributed by atoms with Gasteiger partial charge in [-0.2, -0.15) is 4.57 Å². The Morgan fingerprint density at radius 1 is 0.906 bits per heavy atom. The quantitative estimate of drug-likeness (QED) is 0.282. The van der Waals surface area contributed by atoms with Gasteiger partial charge in [0, 0.05) is 34.0 Å². The Balaban J connectivity index is 1.91. The van der Waals surface area contributed by atoms with Crippen molar-refractivity contribution in [1.82, 2.24) is 4.98 Å². The third-order valence-corrected chi connectivity index (χ3v) is 6.55. The summed E-state index contributed by atoms with van der Waals surface area (Å²) in [6.07, 6.45) is 1.01. The molecule has 3 heterocycles. The van der Waals surface area contributed by atoms with E-state index in [4.69, 9.17) is 4.42 Å². The molecule has 32 heavy (non-hydrogen) atoms. The summed E-state index contributed by atoms with van der Waals surface area (Å²) in [5.41, 5.74) is 10.3. The highest BCUT2D eigenvalue weighted by molar-refractivity contribution is 6.09. The lowest BCUT2D eigenvalue weighted by Crippen LogP contribution is -2.33. The van der Waals surface area contributed by atoms with Crippen LogP contribution in [-0.4, -0.2) is 4.98 Å². The summed E-state index contributed by atoms with van der Waals surface area (Å²) in [6.45, 7) is 13.3. The highest BCUT2D eigenvalue weighted by Gasteiger charge is 2.26. The SMILES string of the molecule is Cc1ccc2c(n1)oc1c(-c3cc(CC(C)(C)C)c4ccccc4[n+]3C)c(C)c(C)cc12. The molecule has 0 amide bonds. The van der Waals surface area contributed by atoms with Crippen LogP contribution >= 0.6 is 0 Å². The van der Waals surface area contributed by atoms with Crippen LogP contribution in [0.4, 0.5) is 0 Å². The summed E-state index contributed by atoms with van der Waals surface area (Å²) >= 11 is 0. The zero-order chi connectivity index (χ0) is 22.8. The number of fused-ring (bicyclic) bond motifs is 4. The average molecular weight is 424 g/mol. The van der Waals surface area contributed by atoms with Crippen molar-refractivity contribution < 1.29 is 8.98 Å². The lowest BCUT2D eigenvalue weighted by atomic mass is 9.85. The van der Waals surface area contributed by atoms with E-state index in [9.17, 15) is 0 Å². The Morgan fingerprint density at radius 3 is 2.41 bits per heavy atom. The fraction of sp³-hybridized carbons (Fsp3) is 0.310. The Kier molecular flexibility index (Phi) is 4.63. The maximum Gasteiger partial charge on any atom is 0.227 e. The lowest BCUT2D eigenvalue weighted by molar-refractivity contribution is -0.633. The van der Waals surface area contributed by atoms with Gasteiger partial charge in [0.25, 0.3) is 0 Å². The fourth-order valence-corrected chi connectivity index (χ4v) is 4.88. The van der Waals surface area contributed by atoms with Crippen LogP contribution in [0.3, 0.4) is 0 Å². The van der Waals surface area contributed by atoms with Crippen molar-refractivity contribution in [3.63, 3.8) is 0 Å². The van der Waals surface area contributed by atoms with Crippen molar-refractivity contribution in [1.29, 1.82) is 0 Å². The van der Waals surface area contributed by atoms with Crippen LogP contribution in [-0.2, 0) is 13.5 Å². The van der Waals surface area contributed by atoms with Crippen molar-refractivity contribution in [2.24, 2.45) is 12.5 Å². The van der Waals surface area contributed by atoms with Crippen LogP contribution < -0.4 is 4.57 Å². The number of pyridine rings is 2. The second-order valence-corrected chi connectivity index (χ2v) is 10.3. The summed E-state index contributed by atoms with van der Waals surface area (Å²) in [5.74, 6) is 0. The molecule has 0 bridgehead atoms. The minimum Gasteiger partial charge on any atom is -0.437 e. The van der Waals surface area contributed by atoms with Gasteiger partial charge in [0.1, 0.15) is 7.05 Å². The molecule has 0 fully saturated rings. The third kappa shape index (κ3) is 3.28. The lowest BCUT2D eigenvalue weighted by Gasteiger charge is -2.20. The summed E-state index contributed by atoms with van der Waals surface area (Å²) in [6, 6.07) is 17.5. The van der Waals surface area contributed by atoms with Gasteiger partial charge in [0.2, 0.25) is 16.9 Å². The van der Waals surface area contributed by atoms with Crippen LogP contribution in [0.1, 0.15) is 43.2 Å². The average Bonchev–Trinajstić information content (AvgIpc) is 3.07. The predicted octanol–water partition coefficient (Wildman–Crippen LogP) is 7.14. The molecule has 5 aromatic rings. The Bertz CT molecular complexity index is 1520. The minimum atomic E-state index is 0.192. The third-order valence-electron chi connectivity index (χ3n) is 6.55. The summed E-state index contributed by atoms with van der Waals surface area (Å²) in [4.78, 5) is 4.67. The number of benzene rings is 2. The van der Waals surface area contributed by atoms with E-state index >= 15 is 0 Å². The molecule has 0 spiro atoms. The smallest absolute Gasteiger partial charge is 0.227 e. The van der Waals surface area contributed by atoms with E-state index < -0.39 is 0 Å². The maximum absolute atomic E-state index is 6.44. The van der Waals surface area contributed by atoms with E-state index in [0.29, 0.717) is 5.71 Å². The van der Waals surface area contributed by atoms with E-state index in [1.807, 2.05) is 6.92 Å². The first-order valence-electron chi connectivity index (χ1n) is 11.3. The van der Waals surface area contributed by atoms with Crippen LogP contribution in [0.2, 0.25) is 0 Å². The largest absolute Gasteiger partial charge is 0.437 e. The predicted molar refractivity (Wildman–Crippen MR) is 133 cm³/mol. The maximum atomic E-state index is 6.44. The first-order chi connectivity index (χ1) is 15.1. The molecule has 0 saturated carbocycles. The first kappa shape index (κ1) is 20.7. The Hall–Kier alpha value is -3.20. The van der Waals surface area contributed by atoms with Gasteiger partial charge >= 0.3 is 0 Å². The molecule has 2 aromatic carbocycles. The molecule has 5 rings (SSSR count). The van der Waals surface area contributed by atoms with Gasteiger partial charge < -0.3 is 4.42 Å². The Labute approximate surface area is 189 Å². The molecular weight excluding hydrogens is 392 g/mol. The standard InChI is InChI=1S/C29H31N2O/c1-17-14-23-22-13-12-18(2)30-28(22)32-27(23)26(19(17)3)25-15-20(16-29(4,5)6)21-10-8-9-11-24(21)31(25)7/h8-15H,16H2,1-7H3/q+1. The molecule has 0 saturated heterocycles. The summed E-state index contributed by atoms with van der Waals surface area (Å²) in [5, 5.41) is 3.53. The Morgan fingerprint density at radius 2 is 1.66 bits per heavy atom. The molecule has 3 heteroatoms. The van der Waals surface area contributed by atoms with Gasteiger partial charge in [-0.25, -0.2) is 4.98 Å². The van der Waals surface area contributed by atoms with Crippen molar-refractivity contribution in [3.05, 3.63) is 70.9 Å². The fourth-order valence-electron chi connectivity index (χ4n) is 4.88. The number of furan rings is 1. The van der Waals surface area contributed by atoms with E-state index in [1.54, 1.807) is 0 Å². The molecule has 0 aliphatic heterocycles. The van der Waals surface area contributed by atoms with Crippen molar-refractivity contribution in [2.45, 2.75) is 48.0 Å². The molecular formula is C29H31N2O+. The molecule has 162 valence electrons. The van der Waals surface area contributed by atoms with Crippen LogP contribution in [0.15, 0.2) is 52.9 Å². The molecule has 0 aliphatic rings. The first-order valence-corrected chi connectivity index (χ1v) is 11.3. The molecule has 3 nitrogen and oxygen atoms in total. The molecule has 0 atom stereocenters. The second-order valence-electron chi connectivity index (χ2n) is 10.3. The van der Waals surface area contributed by atoms with Crippen molar-refractivity contribution >= 4 is 33.0 Å². The number of nitrogens with zero attached hydrogens (tertiary/aromatic N) is 2.